The molecule has 0 aliphatic heterocycles. The summed E-state index contributed by atoms with van der Waals surface area (Å²) in [6.45, 7) is 8.71. The largest absolute Gasteiger partial charge is 0.493 e. The van der Waals surface area contributed by atoms with Crippen LogP contribution in [0.3, 0.4) is 0 Å². The van der Waals surface area contributed by atoms with Gasteiger partial charge in [0.15, 0.2) is 0 Å². The fourth-order valence-corrected chi connectivity index (χ4v) is 1.18. The zero-order chi connectivity index (χ0) is 11.5. The summed E-state index contributed by atoms with van der Waals surface area (Å²) in [6.07, 6.45) is 0. The topological polar surface area (TPSA) is 29.5 Å². The van der Waals surface area contributed by atoms with Gasteiger partial charge >= 0.3 is 0 Å². The van der Waals surface area contributed by atoms with E-state index in [0.717, 1.165) is 11.3 Å². The van der Waals surface area contributed by atoms with Crippen molar-refractivity contribution in [1.82, 2.24) is 0 Å². The monoisotopic (exact) mass is 208 g/mol. The number of ether oxygens (including phenoxy) is 1. The lowest BCUT2D eigenvalue weighted by Crippen LogP contribution is -2.25. The Morgan fingerprint density at radius 1 is 1.27 bits per heavy atom. The number of hydrogen-bond acceptors (Lipinski definition) is 2. The van der Waals surface area contributed by atoms with Crippen molar-refractivity contribution in [1.29, 1.82) is 0 Å². The predicted molar refractivity (Wildman–Crippen MR) is 62.3 cm³/mol. The molecule has 15 heavy (non-hydrogen) atoms. The van der Waals surface area contributed by atoms with Gasteiger partial charge in [0.1, 0.15) is 5.75 Å². The summed E-state index contributed by atoms with van der Waals surface area (Å²) >= 11 is 0. The molecule has 0 unspecified atom stereocenters. The van der Waals surface area contributed by atoms with Gasteiger partial charge in [-0.2, -0.15) is 0 Å². The van der Waals surface area contributed by atoms with Crippen LogP contribution in [0.5, 0.6) is 5.75 Å². The molecule has 2 nitrogen and oxygen atoms in total. The zero-order valence-corrected chi connectivity index (χ0v) is 10.0. The third kappa shape index (κ3) is 3.56. The van der Waals surface area contributed by atoms with Gasteiger partial charge in [0.25, 0.3) is 0 Å². The molecule has 84 valence electrons. The van der Waals surface area contributed by atoms with Gasteiger partial charge in [0.2, 0.25) is 0 Å². The molecule has 0 saturated heterocycles. The van der Waals surface area contributed by atoms with Crippen LogP contribution in [0.2, 0.25) is 0 Å². The summed E-state index contributed by atoms with van der Waals surface area (Å²) in [5, 5.41) is 9.12. The third-order valence-electron chi connectivity index (χ3n) is 2.39. The Hall–Kier alpha value is -1.02. The molecule has 0 radical (unpaired) electrons. The molecular formula is C13H20O2. The summed E-state index contributed by atoms with van der Waals surface area (Å²) < 4.78 is 5.71. The van der Waals surface area contributed by atoms with Crippen LogP contribution < -0.4 is 4.74 Å². The molecule has 0 spiro atoms. The van der Waals surface area contributed by atoms with E-state index in [1.54, 1.807) is 0 Å². The number of hydrogen-bond donors (Lipinski definition) is 1. The number of aliphatic hydroxyl groups is 1. The first kappa shape index (κ1) is 12.1. The van der Waals surface area contributed by atoms with Crippen molar-refractivity contribution in [3.63, 3.8) is 0 Å². The van der Waals surface area contributed by atoms with Gasteiger partial charge in [-0.1, -0.05) is 26.0 Å². The van der Waals surface area contributed by atoms with Gasteiger partial charge in [-0.25, -0.2) is 0 Å². The molecule has 1 N–H and O–H groups in total. The fraction of sp³-hybridized carbons (Fsp3) is 0.538. The number of aliphatic hydroxyl groups excluding tert-OH is 1. The highest BCUT2D eigenvalue weighted by atomic mass is 16.5. The second-order valence-corrected chi connectivity index (χ2v) is 4.88. The maximum absolute atomic E-state index is 9.12. The molecule has 0 fully saturated rings. The van der Waals surface area contributed by atoms with Gasteiger partial charge < -0.3 is 9.84 Å². The highest BCUT2D eigenvalue weighted by Gasteiger charge is 2.17. The third-order valence-corrected chi connectivity index (χ3v) is 2.39. The number of rotatable bonds is 4. The summed E-state index contributed by atoms with van der Waals surface area (Å²) in [5.74, 6) is 0.913. The fourth-order valence-electron chi connectivity index (χ4n) is 1.18. The molecule has 1 rings (SSSR count). The van der Waals surface area contributed by atoms with Crippen molar-refractivity contribution in [2.75, 3.05) is 13.2 Å². The quantitative estimate of drug-likeness (QED) is 0.824. The van der Waals surface area contributed by atoms with Crippen LogP contribution in [0.25, 0.3) is 0 Å². The Morgan fingerprint density at radius 2 is 1.93 bits per heavy atom. The van der Waals surface area contributed by atoms with Crippen LogP contribution in [0.4, 0.5) is 0 Å². The Bertz CT molecular complexity index is 329. The summed E-state index contributed by atoms with van der Waals surface area (Å²) in [6, 6.07) is 6.15. The smallest absolute Gasteiger partial charge is 0.122 e. The van der Waals surface area contributed by atoms with E-state index >= 15 is 0 Å². The molecular weight excluding hydrogens is 188 g/mol. The van der Waals surface area contributed by atoms with Crippen LogP contribution in [0.15, 0.2) is 18.2 Å². The van der Waals surface area contributed by atoms with Crippen LogP contribution >= 0.6 is 0 Å². The minimum absolute atomic E-state index is 0.137. The minimum Gasteiger partial charge on any atom is -0.493 e. The molecule has 0 saturated carbocycles. The molecule has 0 aliphatic carbocycles. The average molecular weight is 208 g/mol. The maximum atomic E-state index is 9.12. The molecule has 0 bridgehead atoms. The Labute approximate surface area is 91.9 Å². The second-order valence-electron chi connectivity index (χ2n) is 4.88. The van der Waals surface area contributed by atoms with Crippen molar-refractivity contribution in [3.8, 4) is 5.75 Å². The molecule has 0 heterocycles. The van der Waals surface area contributed by atoms with Crippen LogP contribution in [-0.2, 0) is 0 Å². The zero-order valence-electron chi connectivity index (χ0n) is 10.0. The number of aryl methyl sites for hydroxylation is 2. The first-order valence-corrected chi connectivity index (χ1v) is 5.25. The van der Waals surface area contributed by atoms with E-state index in [0.29, 0.717) is 6.61 Å². The molecule has 1 aromatic rings. The van der Waals surface area contributed by atoms with E-state index in [-0.39, 0.29) is 12.0 Å². The van der Waals surface area contributed by atoms with Crippen molar-refractivity contribution >= 4 is 0 Å². The lowest BCUT2D eigenvalue weighted by Gasteiger charge is -2.22. The summed E-state index contributed by atoms with van der Waals surface area (Å²) in [4.78, 5) is 0. The summed E-state index contributed by atoms with van der Waals surface area (Å²) in [7, 11) is 0. The normalized spacial score (nSPS) is 11.5. The van der Waals surface area contributed by atoms with Crippen molar-refractivity contribution in [2.45, 2.75) is 27.7 Å². The maximum Gasteiger partial charge on any atom is 0.122 e. The Morgan fingerprint density at radius 3 is 2.53 bits per heavy atom. The first-order chi connectivity index (χ1) is 6.94. The molecule has 0 amide bonds. The molecule has 1 aromatic carbocycles. The summed E-state index contributed by atoms with van der Waals surface area (Å²) in [5.41, 5.74) is 2.14. The van der Waals surface area contributed by atoms with Gasteiger partial charge in [-0.05, 0) is 31.0 Å². The van der Waals surface area contributed by atoms with Crippen molar-refractivity contribution in [3.05, 3.63) is 29.3 Å². The van der Waals surface area contributed by atoms with Gasteiger partial charge in [0.05, 0.1) is 13.2 Å². The second kappa shape index (κ2) is 4.67. The van der Waals surface area contributed by atoms with Gasteiger partial charge in [-0.15, -0.1) is 0 Å². The molecule has 2 heteroatoms. The molecule has 0 aromatic heterocycles. The highest BCUT2D eigenvalue weighted by Crippen LogP contribution is 2.22. The highest BCUT2D eigenvalue weighted by molar-refractivity contribution is 5.35. The lowest BCUT2D eigenvalue weighted by atomic mass is 9.96. The Balaban J connectivity index is 2.69. The van der Waals surface area contributed by atoms with Crippen LogP contribution in [-0.4, -0.2) is 18.3 Å². The van der Waals surface area contributed by atoms with Gasteiger partial charge in [-0.3, -0.25) is 0 Å². The minimum atomic E-state index is -0.184. The van der Waals surface area contributed by atoms with Crippen molar-refractivity contribution in [2.24, 2.45) is 5.41 Å². The standard InChI is InChI=1S/C13H20O2/c1-10-5-6-11(2)12(7-10)15-9-13(3,4)8-14/h5-7,14H,8-9H2,1-4H3. The van der Waals surface area contributed by atoms with Crippen LogP contribution in [0.1, 0.15) is 25.0 Å². The van der Waals surface area contributed by atoms with E-state index in [9.17, 15) is 0 Å². The molecule has 0 atom stereocenters. The van der Waals surface area contributed by atoms with Crippen molar-refractivity contribution < 1.29 is 9.84 Å². The van der Waals surface area contributed by atoms with Gasteiger partial charge in [0, 0.05) is 5.41 Å². The van der Waals surface area contributed by atoms with E-state index < -0.39 is 0 Å². The number of benzene rings is 1. The van der Waals surface area contributed by atoms with E-state index in [2.05, 4.69) is 12.1 Å². The van der Waals surface area contributed by atoms with E-state index in [4.69, 9.17) is 9.84 Å². The first-order valence-electron chi connectivity index (χ1n) is 5.25. The lowest BCUT2D eigenvalue weighted by molar-refractivity contribution is 0.0972. The van der Waals surface area contributed by atoms with E-state index in [1.165, 1.54) is 5.56 Å². The predicted octanol–water partition coefficient (Wildman–Crippen LogP) is 2.70. The van der Waals surface area contributed by atoms with Crippen LogP contribution in [0, 0.1) is 19.3 Å². The SMILES string of the molecule is Cc1ccc(C)c(OCC(C)(C)CO)c1. The Kier molecular flexibility index (Phi) is 3.75. The van der Waals surface area contributed by atoms with E-state index in [1.807, 2.05) is 33.8 Å². The average Bonchev–Trinajstić information content (AvgIpc) is 2.20. The molecule has 0 aliphatic rings.